The molecule has 8 nitrogen and oxygen atoms in total. The van der Waals surface area contributed by atoms with Gasteiger partial charge < -0.3 is 25.4 Å². The first-order chi connectivity index (χ1) is 20.3. The summed E-state index contributed by atoms with van der Waals surface area (Å²) in [5, 5.41) is 15.9. The number of unbranched alkanes of at least 4 members (excludes halogenated alkanes) is 1. The number of rotatable bonds is 11. The molecule has 3 N–H and O–H groups in total. The van der Waals surface area contributed by atoms with E-state index in [1.54, 1.807) is 45.0 Å². The van der Waals surface area contributed by atoms with Gasteiger partial charge in [-0.15, -0.1) is 0 Å². The number of hydrogen-bond donors (Lipinski definition) is 3. The molecule has 2 atom stereocenters. The van der Waals surface area contributed by atoms with E-state index < -0.39 is 35.6 Å². The number of para-hydroxylation sites is 1. The minimum absolute atomic E-state index is 0.0856. The van der Waals surface area contributed by atoms with Crippen molar-refractivity contribution in [2.24, 2.45) is 0 Å². The van der Waals surface area contributed by atoms with Crippen molar-refractivity contribution in [3.05, 3.63) is 94.0 Å². The van der Waals surface area contributed by atoms with Gasteiger partial charge in [0.25, 0.3) is 5.91 Å². The van der Waals surface area contributed by atoms with E-state index in [0.29, 0.717) is 28.3 Å². The highest BCUT2D eigenvalue weighted by molar-refractivity contribution is 6.34. The number of nitrogens with one attached hydrogen (secondary N) is 2. The molecular formula is C34H42ClN3O5. The number of halogens is 1. The molecule has 0 radical (unpaired) electrons. The van der Waals surface area contributed by atoms with Gasteiger partial charge in [-0.25, -0.2) is 4.79 Å². The van der Waals surface area contributed by atoms with Crippen molar-refractivity contribution in [2.45, 2.75) is 78.5 Å². The molecule has 0 aliphatic carbocycles. The average molecular weight is 608 g/mol. The number of nitrogens with zero attached hydrogens (tertiary/aromatic N) is 1. The summed E-state index contributed by atoms with van der Waals surface area (Å²) in [5.41, 5.74) is 2.69. The Balaban J connectivity index is 2.10. The van der Waals surface area contributed by atoms with E-state index in [-0.39, 0.29) is 18.7 Å². The number of aromatic hydroxyl groups is 1. The molecule has 0 bridgehead atoms. The molecule has 0 aromatic heterocycles. The minimum Gasteiger partial charge on any atom is -0.508 e. The first kappa shape index (κ1) is 33.5. The standard InChI is InChI=1S/C34H42ClN3O5/c1-7-8-20-38(32(41)28(36-33(42)43-34(4,5)6)21-24-16-18-25(39)19-17-24)30(26-14-10-9-12-22(26)2)31(40)37-29-23(3)13-11-15-27(29)35/h9-19,28,30,39H,7-8,20-21H2,1-6H3,(H,36,42)(H,37,40). The third-order valence-corrected chi connectivity index (χ3v) is 7.23. The van der Waals surface area contributed by atoms with Crippen LogP contribution in [-0.2, 0) is 20.7 Å². The first-order valence-electron chi connectivity index (χ1n) is 14.5. The predicted octanol–water partition coefficient (Wildman–Crippen LogP) is 7.11. The van der Waals surface area contributed by atoms with Crippen LogP contribution in [0.4, 0.5) is 10.5 Å². The molecule has 2 unspecified atom stereocenters. The highest BCUT2D eigenvalue weighted by Crippen LogP contribution is 2.31. The van der Waals surface area contributed by atoms with Gasteiger partial charge in [-0.1, -0.05) is 73.5 Å². The van der Waals surface area contributed by atoms with E-state index in [1.165, 1.54) is 17.0 Å². The van der Waals surface area contributed by atoms with Crippen LogP contribution in [-0.4, -0.2) is 46.1 Å². The Morgan fingerprint density at radius 3 is 2.21 bits per heavy atom. The van der Waals surface area contributed by atoms with E-state index in [4.69, 9.17) is 16.3 Å². The van der Waals surface area contributed by atoms with E-state index in [1.807, 2.05) is 51.1 Å². The molecule has 3 aromatic carbocycles. The number of alkyl carbamates (subject to hydrolysis) is 1. The quantitative estimate of drug-likeness (QED) is 0.215. The zero-order valence-electron chi connectivity index (χ0n) is 25.7. The van der Waals surface area contributed by atoms with E-state index in [9.17, 15) is 19.5 Å². The number of amides is 3. The summed E-state index contributed by atoms with van der Waals surface area (Å²) in [7, 11) is 0. The van der Waals surface area contributed by atoms with E-state index >= 15 is 0 Å². The largest absolute Gasteiger partial charge is 0.508 e. The molecule has 0 aliphatic rings. The highest BCUT2D eigenvalue weighted by atomic mass is 35.5. The Morgan fingerprint density at radius 2 is 1.60 bits per heavy atom. The van der Waals surface area contributed by atoms with Crippen molar-refractivity contribution in [1.29, 1.82) is 0 Å². The van der Waals surface area contributed by atoms with Gasteiger partial charge in [0, 0.05) is 13.0 Å². The first-order valence-corrected chi connectivity index (χ1v) is 14.9. The van der Waals surface area contributed by atoms with Crippen LogP contribution in [0.2, 0.25) is 5.02 Å². The Hall–Kier alpha value is -4.04. The fourth-order valence-corrected chi connectivity index (χ4v) is 5.01. The average Bonchev–Trinajstić information content (AvgIpc) is 2.93. The van der Waals surface area contributed by atoms with Crippen molar-refractivity contribution in [3.63, 3.8) is 0 Å². The third kappa shape index (κ3) is 9.48. The molecule has 0 spiro atoms. The predicted molar refractivity (Wildman–Crippen MR) is 170 cm³/mol. The molecule has 3 amide bonds. The normalized spacial score (nSPS) is 12.6. The molecule has 0 saturated heterocycles. The fourth-order valence-electron chi connectivity index (χ4n) is 4.74. The summed E-state index contributed by atoms with van der Waals surface area (Å²) >= 11 is 6.47. The van der Waals surface area contributed by atoms with Gasteiger partial charge in [-0.3, -0.25) is 9.59 Å². The lowest BCUT2D eigenvalue weighted by atomic mass is 9.96. The van der Waals surface area contributed by atoms with Crippen molar-refractivity contribution in [1.82, 2.24) is 10.2 Å². The lowest BCUT2D eigenvalue weighted by Gasteiger charge is -2.35. The Kier molecular flexibility index (Phi) is 11.6. The maximum Gasteiger partial charge on any atom is 0.408 e. The molecule has 3 aromatic rings. The van der Waals surface area contributed by atoms with Crippen LogP contribution in [0, 0.1) is 13.8 Å². The number of anilines is 1. The SMILES string of the molecule is CCCCN(C(=O)C(Cc1ccc(O)cc1)NC(=O)OC(C)(C)C)C(C(=O)Nc1c(C)cccc1Cl)c1ccccc1C. The molecule has 0 fully saturated rings. The fraction of sp³-hybridized carbons (Fsp3) is 0.382. The Labute approximate surface area is 259 Å². The number of carbonyl (C=O) groups excluding carboxylic acids is 3. The van der Waals surface area contributed by atoms with Gasteiger partial charge in [-0.2, -0.15) is 0 Å². The number of aryl methyl sites for hydroxylation is 2. The number of phenols is 1. The second kappa shape index (κ2) is 14.9. The summed E-state index contributed by atoms with van der Waals surface area (Å²) in [6, 6.07) is 17.1. The Morgan fingerprint density at radius 1 is 0.953 bits per heavy atom. The van der Waals surface area contributed by atoms with E-state index in [2.05, 4.69) is 10.6 Å². The van der Waals surface area contributed by atoms with Crippen LogP contribution < -0.4 is 10.6 Å². The maximum atomic E-state index is 14.5. The molecule has 0 aliphatic heterocycles. The highest BCUT2D eigenvalue weighted by Gasteiger charge is 2.37. The van der Waals surface area contributed by atoms with Crippen LogP contribution in [0.3, 0.4) is 0 Å². The number of benzene rings is 3. The van der Waals surface area contributed by atoms with Gasteiger partial charge in [0.2, 0.25) is 5.91 Å². The summed E-state index contributed by atoms with van der Waals surface area (Å²) in [6.07, 6.45) is 0.776. The molecule has 0 saturated carbocycles. The van der Waals surface area contributed by atoms with Crippen LogP contribution in [0.15, 0.2) is 66.7 Å². The summed E-state index contributed by atoms with van der Waals surface area (Å²) in [6.45, 7) is 11.2. The summed E-state index contributed by atoms with van der Waals surface area (Å²) in [5.74, 6) is -0.773. The number of ether oxygens (including phenoxy) is 1. The summed E-state index contributed by atoms with van der Waals surface area (Å²) in [4.78, 5) is 43.2. The van der Waals surface area contributed by atoms with Crippen molar-refractivity contribution in [2.75, 3.05) is 11.9 Å². The van der Waals surface area contributed by atoms with Crippen LogP contribution in [0.1, 0.15) is 68.8 Å². The van der Waals surface area contributed by atoms with Gasteiger partial charge >= 0.3 is 6.09 Å². The van der Waals surface area contributed by atoms with Gasteiger partial charge in [0.1, 0.15) is 23.4 Å². The monoisotopic (exact) mass is 607 g/mol. The molecule has 9 heteroatoms. The molecule has 230 valence electrons. The minimum atomic E-state index is -1.06. The zero-order valence-corrected chi connectivity index (χ0v) is 26.5. The van der Waals surface area contributed by atoms with Gasteiger partial charge in [-0.05, 0) is 81.5 Å². The van der Waals surface area contributed by atoms with Crippen LogP contribution >= 0.6 is 11.6 Å². The van der Waals surface area contributed by atoms with Crippen LogP contribution in [0.25, 0.3) is 0 Å². The maximum absolute atomic E-state index is 14.5. The van der Waals surface area contributed by atoms with Gasteiger partial charge in [0.15, 0.2) is 0 Å². The van der Waals surface area contributed by atoms with Crippen LogP contribution in [0.5, 0.6) is 5.75 Å². The van der Waals surface area contributed by atoms with E-state index in [0.717, 1.165) is 17.5 Å². The lowest BCUT2D eigenvalue weighted by molar-refractivity contribution is -0.140. The molecule has 0 heterocycles. The van der Waals surface area contributed by atoms with Gasteiger partial charge in [0.05, 0.1) is 10.7 Å². The topological polar surface area (TPSA) is 108 Å². The lowest BCUT2D eigenvalue weighted by Crippen LogP contribution is -2.53. The number of carbonyl (C=O) groups is 3. The van der Waals surface area contributed by atoms with Crippen molar-refractivity contribution < 1.29 is 24.2 Å². The second-order valence-corrected chi connectivity index (χ2v) is 12.0. The molecule has 3 rings (SSSR count). The van der Waals surface area contributed by atoms with Crippen molar-refractivity contribution in [3.8, 4) is 5.75 Å². The van der Waals surface area contributed by atoms with Crippen molar-refractivity contribution >= 4 is 35.2 Å². The third-order valence-electron chi connectivity index (χ3n) is 6.91. The number of phenolic OH excluding ortho intramolecular Hbond substituents is 1. The molecule has 43 heavy (non-hydrogen) atoms. The number of hydrogen-bond acceptors (Lipinski definition) is 5. The summed E-state index contributed by atoms with van der Waals surface area (Å²) < 4.78 is 5.50. The second-order valence-electron chi connectivity index (χ2n) is 11.6. The molecular weight excluding hydrogens is 566 g/mol. The Bertz CT molecular complexity index is 1400. The zero-order chi connectivity index (χ0) is 31.7. The smallest absolute Gasteiger partial charge is 0.408 e.